The van der Waals surface area contributed by atoms with Gasteiger partial charge in [-0.2, -0.15) is 0 Å². The van der Waals surface area contributed by atoms with E-state index in [1.54, 1.807) is 0 Å². The number of esters is 1. The minimum atomic E-state index is -0.0882. The monoisotopic (exact) mass is 416 g/mol. The van der Waals surface area contributed by atoms with Gasteiger partial charge in [-0.3, -0.25) is 9.59 Å². The van der Waals surface area contributed by atoms with Gasteiger partial charge in [-0.15, -0.1) is 0 Å². The molecule has 0 aromatic heterocycles. The molecule has 0 N–H and O–H groups in total. The van der Waals surface area contributed by atoms with Gasteiger partial charge in [0.25, 0.3) is 0 Å². The van der Waals surface area contributed by atoms with Crippen LogP contribution in [0.3, 0.4) is 0 Å². The summed E-state index contributed by atoms with van der Waals surface area (Å²) in [5.74, 6) is 4.11. The Morgan fingerprint density at radius 2 is 1.77 bits per heavy atom. The Labute approximate surface area is 184 Å². The number of carbonyl (C=O) groups excluding carboxylic acids is 2. The van der Waals surface area contributed by atoms with Crippen molar-refractivity contribution in [2.75, 3.05) is 7.11 Å². The van der Waals surface area contributed by atoms with E-state index in [0.717, 1.165) is 12.8 Å². The smallest absolute Gasteiger partial charge is 0.305 e. The Morgan fingerprint density at radius 3 is 2.47 bits per heavy atom. The van der Waals surface area contributed by atoms with Gasteiger partial charge < -0.3 is 4.74 Å². The second kappa shape index (κ2) is 8.24. The maximum atomic E-state index is 13.9. The van der Waals surface area contributed by atoms with E-state index in [2.05, 4.69) is 27.7 Å². The first-order chi connectivity index (χ1) is 14.3. The fourth-order valence-electron chi connectivity index (χ4n) is 9.34. The molecule has 0 aromatic carbocycles. The highest BCUT2D eigenvalue weighted by Crippen LogP contribution is 2.68. The summed E-state index contributed by atoms with van der Waals surface area (Å²) in [6, 6.07) is 0. The minimum Gasteiger partial charge on any atom is -0.469 e. The fourth-order valence-corrected chi connectivity index (χ4v) is 9.34. The molecular weight excluding hydrogens is 372 g/mol. The predicted octanol–water partition coefficient (Wildman–Crippen LogP) is 6.44. The average molecular weight is 417 g/mol. The highest BCUT2D eigenvalue weighted by Gasteiger charge is 2.64. The largest absolute Gasteiger partial charge is 0.469 e. The number of ether oxygens (including phenoxy) is 1. The van der Waals surface area contributed by atoms with Gasteiger partial charge in [0, 0.05) is 18.3 Å². The third kappa shape index (κ3) is 3.28. The van der Waals surface area contributed by atoms with Gasteiger partial charge in [0.05, 0.1) is 7.11 Å². The van der Waals surface area contributed by atoms with Crippen molar-refractivity contribution in [2.24, 2.45) is 52.3 Å². The lowest BCUT2D eigenvalue weighted by atomic mass is 9.42. The zero-order chi connectivity index (χ0) is 21.7. The topological polar surface area (TPSA) is 43.4 Å². The summed E-state index contributed by atoms with van der Waals surface area (Å²) in [5.41, 5.74) is 0.649. The van der Waals surface area contributed by atoms with Gasteiger partial charge in [-0.25, -0.2) is 0 Å². The first kappa shape index (κ1) is 22.3. The summed E-state index contributed by atoms with van der Waals surface area (Å²) in [7, 11) is 1.49. The van der Waals surface area contributed by atoms with E-state index >= 15 is 0 Å². The minimum absolute atomic E-state index is 0.0882. The molecule has 3 nitrogen and oxygen atoms in total. The van der Waals surface area contributed by atoms with Crippen LogP contribution in [0.2, 0.25) is 0 Å². The second-order valence-corrected chi connectivity index (χ2v) is 11.8. The molecule has 9 unspecified atom stereocenters. The van der Waals surface area contributed by atoms with Crippen LogP contribution in [0.4, 0.5) is 0 Å². The Kier molecular flexibility index (Phi) is 6.14. The quantitative estimate of drug-likeness (QED) is 0.484. The molecule has 4 saturated carbocycles. The van der Waals surface area contributed by atoms with Gasteiger partial charge in [0.1, 0.15) is 5.78 Å². The molecule has 170 valence electrons. The van der Waals surface area contributed by atoms with E-state index < -0.39 is 0 Å². The van der Waals surface area contributed by atoms with E-state index in [1.807, 2.05) is 0 Å². The Hall–Kier alpha value is -0.860. The first-order valence-electron chi connectivity index (χ1n) is 12.9. The van der Waals surface area contributed by atoms with Crippen LogP contribution >= 0.6 is 0 Å². The Bertz CT molecular complexity index is 671. The molecule has 0 aromatic rings. The molecule has 4 rings (SSSR count). The van der Waals surface area contributed by atoms with Crippen LogP contribution in [0.5, 0.6) is 0 Å². The molecule has 3 heteroatoms. The third-order valence-corrected chi connectivity index (χ3v) is 10.9. The maximum Gasteiger partial charge on any atom is 0.305 e. The molecule has 0 amide bonds. The van der Waals surface area contributed by atoms with Crippen molar-refractivity contribution in [3.05, 3.63) is 0 Å². The van der Waals surface area contributed by atoms with Crippen LogP contribution in [0.15, 0.2) is 0 Å². The van der Waals surface area contributed by atoms with Gasteiger partial charge >= 0.3 is 5.97 Å². The number of carbonyl (C=O) groups is 2. The van der Waals surface area contributed by atoms with Crippen LogP contribution < -0.4 is 0 Å². The summed E-state index contributed by atoms with van der Waals surface area (Å²) in [6.45, 7) is 9.66. The van der Waals surface area contributed by atoms with Crippen LogP contribution in [-0.4, -0.2) is 18.9 Å². The van der Waals surface area contributed by atoms with Crippen molar-refractivity contribution in [3.63, 3.8) is 0 Å². The summed E-state index contributed by atoms with van der Waals surface area (Å²) in [5, 5.41) is 0. The van der Waals surface area contributed by atoms with Crippen molar-refractivity contribution >= 4 is 11.8 Å². The number of fused-ring (bicyclic) bond motifs is 5. The molecule has 0 spiro atoms. The third-order valence-electron chi connectivity index (χ3n) is 10.9. The van der Waals surface area contributed by atoms with Crippen molar-refractivity contribution in [3.8, 4) is 0 Å². The Morgan fingerprint density at radius 1 is 1.03 bits per heavy atom. The van der Waals surface area contributed by atoms with Gasteiger partial charge in [0.2, 0.25) is 0 Å². The van der Waals surface area contributed by atoms with E-state index in [-0.39, 0.29) is 11.4 Å². The van der Waals surface area contributed by atoms with Crippen molar-refractivity contribution in [2.45, 2.75) is 98.3 Å². The van der Waals surface area contributed by atoms with E-state index in [9.17, 15) is 9.59 Å². The van der Waals surface area contributed by atoms with Crippen LogP contribution in [0.1, 0.15) is 98.3 Å². The molecule has 0 bridgehead atoms. The molecular formula is C27H44O3. The molecule has 4 aliphatic carbocycles. The highest BCUT2D eigenvalue weighted by atomic mass is 16.5. The fraction of sp³-hybridized carbons (Fsp3) is 0.926. The summed E-state index contributed by atoms with van der Waals surface area (Å²) in [6.07, 6.45) is 12.7. The molecule has 0 heterocycles. The van der Waals surface area contributed by atoms with Crippen LogP contribution in [0, 0.1) is 52.3 Å². The van der Waals surface area contributed by atoms with Crippen molar-refractivity contribution in [1.82, 2.24) is 0 Å². The molecule has 4 aliphatic rings. The van der Waals surface area contributed by atoms with Gasteiger partial charge in [-0.1, -0.05) is 40.5 Å². The Balaban J connectivity index is 1.59. The van der Waals surface area contributed by atoms with E-state index in [0.29, 0.717) is 59.0 Å². The number of hydrogen-bond acceptors (Lipinski definition) is 3. The second-order valence-electron chi connectivity index (χ2n) is 11.8. The standard InChI is InChI=1S/C27H44O3/c1-6-18-20-9-7-8-15-26(20,3)22-14-16-27(4)19(17(2)10-13-23(28)30-5)11-12-21(27)24(22)25(18)29/h17-22,24H,6-16H2,1-5H3. The summed E-state index contributed by atoms with van der Waals surface area (Å²) >= 11 is 0. The zero-order valence-electron chi connectivity index (χ0n) is 20.0. The predicted molar refractivity (Wildman–Crippen MR) is 120 cm³/mol. The molecule has 0 aliphatic heterocycles. The highest BCUT2D eigenvalue weighted by molar-refractivity contribution is 5.86. The lowest BCUT2D eigenvalue weighted by molar-refractivity contribution is -0.168. The first-order valence-corrected chi connectivity index (χ1v) is 12.9. The number of rotatable bonds is 5. The SMILES string of the molecule is CCC1C(=O)C2C3CCC(C(C)CCC(=O)OC)C3(C)CCC2C2(C)CCCCC12. The van der Waals surface area contributed by atoms with Crippen LogP contribution in [-0.2, 0) is 14.3 Å². The lowest BCUT2D eigenvalue weighted by Crippen LogP contribution is -2.59. The van der Waals surface area contributed by atoms with Gasteiger partial charge in [0.15, 0.2) is 0 Å². The molecule has 30 heavy (non-hydrogen) atoms. The van der Waals surface area contributed by atoms with Crippen LogP contribution in [0.25, 0.3) is 0 Å². The van der Waals surface area contributed by atoms with Gasteiger partial charge in [-0.05, 0) is 91.8 Å². The molecule has 0 radical (unpaired) electrons. The van der Waals surface area contributed by atoms with E-state index in [4.69, 9.17) is 4.74 Å². The summed E-state index contributed by atoms with van der Waals surface area (Å²) in [4.78, 5) is 25.6. The normalized spacial score (nSPS) is 46.5. The van der Waals surface area contributed by atoms with E-state index in [1.165, 1.54) is 58.5 Å². The number of hydrogen-bond donors (Lipinski definition) is 0. The van der Waals surface area contributed by atoms with Crippen molar-refractivity contribution < 1.29 is 14.3 Å². The number of ketones is 1. The maximum absolute atomic E-state index is 13.9. The number of methoxy groups -OCH3 is 1. The average Bonchev–Trinajstić information content (AvgIpc) is 3.09. The summed E-state index contributed by atoms with van der Waals surface area (Å²) < 4.78 is 4.88. The van der Waals surface area contributed by atoms with Crippen molar-refractivity contribution in [1.29, 1.82) is 0 Å². The molecule has 0 saturated heterocycles. The lowest BCUT2D eigenvalue weighted by Gasteiger charge is -2.62. The molecule has 4 fully saturated rings. The molecule has 9 atom stereocenters. The number of Topliss-reactive ketones (excluding diaryl/α,β-unsaturated/α-hetero) is 1. The zero-order valence-corrected chi connectivity index (χ0v) is 20.0.